The van der Waals surface area contributed by atoms with E-state index in [9.17, 15) is 4.79 Å². The number of nitrogens with zero attached hydrogens (tertiary/aromatic N) is 3. The van der Waals surface area contributed by atoms with E-state index in [2.05, 4.69) is 41.3 Å². The molecule has 1 saturated heterocycles. The molecule has 5 heteroatoms. The average Bonchev–Trinajstić information content (AvgIpc) is 3.03. The first-order chi connectivity index (χ1) is 11.6. The van der Waals surface area contributed by atoms with Crippen molar-refractivity contribution >= 4 is 12.0 Å². The summed E-state index contributed by atoms with van der Waals surface area (Å²) >= 11 is 0. The van der Waals surface area contributed by atoms with Crippen molar-refractivity contribution in [1.82, 2.24) is 15.0 Å². The maximum Gasteiger partial charge on any atom is 0.229 e. The van der Waals surface area contributed by atoms with Crippen molar-refractivity contribution in [2.45, 2.75) is 39.0 Å². The van der Waals surface area contributed by atoms with Gasteiger partial charge in [0, 0.05) is 25.4 Å². The van der Waals surface area contributed by atoms with E-state index >= 15 is 0 Å². The van der Waals surface area contributed by atoms with Gasteiger partial charge < -0.3 is 9.42 Å². The highest BCUT2D eigenvalue weighted by Crippen LogP contribution is 2.27. The third-order valence-electron chi connectivity index (χ3n) is 4.42. The zero-order chi connectivity index (χ0) is 16.9. The molecule has 0 radical (unpaired) electrons. The van der Waals surface area contributed by atoms with Gasteiger partial charge in [-0.05, 0) is 32.3 Å². The lowest BCUT2D eigenvalue weighted by molar-refractivity contribution is -0.131. The first-order valence-corrected chi connectivity index (χ1v) is 8.43. The Morgan fingerprint density at radius 1 is 1.25 bits per heavy atom. The molecule has 126 valence electrons. The Bertz CT molecular complexity index is 710. The minimum Gasteiger partial charge on any atom is -0.342 e. The summed E-state index contributed by atoms with van der Waals surface area (Å²) in [5, 5.41) is 3.84. The molecule has 0 saturated carbocycles. The second-order valence-electron chi connectivity index (χ2n) is 6.35. The van der Waals surface area contributed by atoms with E-state index in [0.29, 0.717) is 18.1 Å². The topological polar surface area (TPSA) is 59.2 Å². The summed E-state index contributed by atoms with van der Waals surface area (Å²) in [7, 11) is 0. The molecule has 1 aromatic carbocycles. The fourth-order valence-corrected chi connectivity index (χ4v) is 2.96. The van der Waals surface area contributed by atoms with Crippen molar-refractivity contribution in [1.29, 1.82) is 0 Å². The Morgan fingerprint density at radius 2 is 1.96 bits per heavy atom. The van der Waals surface area contributed by atoms with Crippen LogP contribution in [0.3, 0.4) is 0 Å². The molecule has 2 aromatic rings. The van der Waals surface area contributed by atoms with Crippen LogP contribution in [0.2, 0.25) is 0 Å². The van der Waals surface area contributed by atoms with E-state index in [1.165, 1.54) is 5.56 Å². The van der Waals surface area contributed by atoms with Gasteiger partial charge in [-0.15, -0.1) is 0 Å². The molecular weight excluding hydrogens is 302 g/mol. The monoisotopic (exact) mass is 325 g/mol. The Balaban J connectivity index is 1.47. The lowest BCUT2D eigenvalue weighted by Gasteiger charge is -2.30. The van der Waals surface area contributed by atoms with Crippen molar-refractivity contribution < 1.29 is 9.32 Å². The van der Waals surface area contributed by atoms with E-state index in [0.717, 1.165) is 31.5 Å². The van der Waals surface area contributed by atoms with Crippen LogP contribution in [-0.2, 0) is 4.79 Å². The highest BCUT2D eigenvalue weighted by molar-refractivity contribution is 5.78. The molecule has 3 rings (SSSR count). The number of benzene rings is 1. The predicted molar refractivity (Wildman–Crippen MR) is 92.4 cm³/mol. The lowest BCUT2D eigenvalue weighted by atomic mass is 9.96. The number of carbonyl (C=O) groups is 1. The maximum absolute atomic E-state index is 12.3. The number of aromatic nitrogens is 2. The fraction of sp³-hybridized carbons (Fsp3) is 0.421. The van der Waals surface area contributed by atoms with Crippen LogP contribution in [0.25, 0.3) is 6.08 Å². The number of carbonyl (C=O) groups excluding carboxylic acids is 1. The van der Waals surface area contributed by atoms with Gasteiger partial charge in [0.1, 0.15) is 0 Å². The van der Waals surface area contributed by atoms with Crippen LogP contribution < -0.4 is 0 Å². The quantitative estimate of drug-likeness (QED) is 0.863. The second kappa shape index (κ2) is 7.43. The standard InChI is InChI=1S/C19H23N3O2/c1-14-6-8-16(9-7-14)4-3-5-18(23)22-12-10-17(11-13-22)19-20-15(2)21-24-19/h3-4,6-9,17H,5,10-13H2,1-2H3/b4-3+. The largest absolute Gasteiger partial charge is 0.342 e. The molecule has 1 aliphatic rings. The van der Waals surface area contributed by atoms with Crippen molar-refractivity contribution in [2.75, 3.05) is 13.1 Å². The Morgan fingerprint density at radius 3 is 2.58 bits per heavy atom. The predicted octanol–water partition coefficient (Wildman–Crippen LogP) is 3.50. The number of amides is 1. The summed E-state index contributed by atoms with van der Waals surface area (Å²) in [6, 6.07) is 8.28. The summed E-state index contributed by atoms with van der Waals surface area (Å²) in [5.41, 5.74) is 2.36. The van der Waals surface area contributed by atoms with E-state index in [-0.39, 0.29) is 11.8 Å². The summed E-state index contributed by atoms with van der Waals surface area (Å²) in [4.78, 5) is 18.5. The lowest BCUT2D eigenvalue weighted by Crippen LogP contribution is -2.37. The van der Waals surface area contributed by atoms with Crippen molar-refractivity contribution in [3.63, 3.8) is 0 Å². The highest BCUT2D eigenvalue weighted by atomic mass is 16.5. The number of aryl methyl sites for hydroxylation is 2. The molecule has 1 fully saturated rings. The molecule has 24 heavy (non-hydrogen) atoms. The molecule has 0 unspecified atom stereocenters. The van der Waals surface area contributed by atoms with E-state index in [4.69, 9.17) is 4.52 Å². The van der Waals surface area contributed by atoms with Crippen molar-refractivity contribution in [2.24, 2.45) is 0 Å². The molecular formula is C19H23N3O2. The molecule has 5 nitrogen and oxygen atoms in total. The normalized spacial score (nSPS) is 16.0. The third kappa shape index (κ3) is 4.10. The van der Waals surface area contributed by atoms with Crippen molar-refractivity contribution in [3.05, 3.63) is 53.2 Å². The van der Waals surface area contributed by atoms with Gasteiger partial charge in [0.2, 0.25) is 11.8 Å². The number of hydrogen-bond acceptors (Lipinski definition) is 4. The summed E-state index contributed by atoms with van der Waals surface area (Å²) in [5.74, 6) is 1.83. The zero-order valence-electron chi connectivity index (χ0n) is 14.2. The maximum atomic E-state index is 12.3. The summed E-state index contributed by atoms with van der Waals surface area (Å²) < 4.78 is 5.25. The van der Waals surface area contributed by atoms with Crippen LogP contribution in [0.5, 0.6) is 0 Å². The number of likely N-dealkylation sites (tertiary alicyclic amines) is 1. The van der Waals surface area contributed by atoms with Gasteiger partial charge in [-0.25, -0.2) is 0 Å². The zero-order valence-corrected chi connectivity index (χ0v) is 14.2. The summed E-state index contributed by atoms with van der Waals surface area (Å²) in [6.07, 6.45) is 6.16. The Kier molecular flexibility index (Phi) is 5.08. The smallest absolute Gasteiger partial charge is 0.229 e. The molecule has 0 aliphatic carbocycles. The molecule has 1 amide bonds. The first kappa shape index (κ1) is 16.4. The average molecular weight is 325 g/mol. The molecule has 2 heterocycles. The minimum absolute atomic E-state index is 0.179. The van der Waals surface area contributed by atoms with Crippen molar-refractivity contribution in [3.8, 4) is 0 Å². The number of hydrogen-bond donors (Lipinski definition) is 0. The van der Waals surface area contributed by atoms with Crippen LogP contribution >= 0.6 is 0 Å². The van der Waals surface area contributed by atoms with Crippen LogP contribution in [0.1, 0.15) is 48.0 Å². The van der Waals surface area contributed by atoms with Crippen LogP contribution in [0, 0.1) is 13.8 Å². The third-order valence-corrected chi connectivity index (χ3v) is 4.42. The van der Waals surface area contributed by atoms with Crippen LogP contribution in [-0.4, -0.2) is 34.0 Å². The number of piperidine rings is 1. The van der Waals surface area contributed by atoms with E-state index < -0.39 is 0 Å². The molecule has 0 atom stereocenters. The van der Waals surface area contributed by atoms with Gasteiger partial charge >= 0.3 is 0 Å². The minimum atomic E-state index is 0.179. The summed E-state index contributed by atoms with van der Waals surface area (Å²) in [6.45, 7) is 5.40. The van der Waals surface area contributed by atoms with Gasteiger partial charge in [-0.2, -0.15) is 4.98 Å². The highest BCUT2D eigenvalue weighted by Gasteiger charge is 2.26. The number of rotatable bonds is 4. The Hall–Kier alpha value is -2.43. The first-order valence-electron chi connectivity index (χ1n) is 8.43. The van der Waals surface area contributed by atoms with Gasteiger partial charge in [0.15, 0.2) is 5.82 Å². The van der Waals surface area contributed by atoms with Gasteiger partial charge in [0.25, 0.3) is 0 Å². The second-order valence-corrected chi connectivity index (χ2v) is 6.35. The van der Waals surface area contributed by atoms with Crippen LogP contribution in [0.4, 0.5) is 0 Å². The molecule has 0 spiro atoms. The molecule has 1 aromatic heterocycles. The molecule has 1 aliphatic heterocycles. The van der Waals surface area contributed by atoms with Crippen LogP contribution in [0.15, 0.2) is 34.9 Å². The van der Waals surface area contributed by atoms with Gasteiger partial charge in [0.05, 0.1) is 0 Å². The van der Waals surface area contributed by atoms with E-state index in [1.807, 2.05) is 24.0 Å². The molecule has 0 bridgehead atoms. The Labute approximate surface area is 142 Å². The van der Waals surface area contributed by atoms with E-state index in [1.54, 1.807) is 0 Å². The van der Waals surface area contributed by atoms with Gasteiger partial charge in [-0.1, -0.05) is 47.1 Å². The SMILES string of the molecule is Cc1ccc(/C=C/CC(=O)N2CCC(c3nc(C)no3)CC2)cc1. The fourth-order valence-electron chi connectivity index (χ4n) is 2.96. The molecule has 0 N–H and O–H groups in total. The van der Waals surface area contributed by atoms with Gasteiger partial charge in [-0.3, -0.25) is 4.79 Å².